The van der Waals surface area contributed by atoms with E-state index in [4.69, 9.17) is 0 Å². The van der Waals surface area contributed by atoms with Crippen molar-refractivity contribution in [1.82, 2.24) is 30.4 Å². The second-order valence-electron chi connectivity index (χ2n) is 7.01. The first-order valence-electron chi connectivity index (χ1n) is 7.93. The molecule has 2 amide bonds. The third-order valence-electron chi connectivity index (χ3n) is 3.73. The van der Waals surface area contributed by atoms with Crippen LogP contribution in [-0.2, 0) is 23.2 Å². The van der Waals surface area contributed by atoms with E-state index in [0.29, 0.717) is 12.2 Å². The molecule has 2 rings (SSSR count). The van der Waals surface area contributed by atoms with Crippen molar-refractivity contribution >= 4 is 12.0 Å². The minimum atomic E-state index is -1.10. The number of rotatable bonds is 6. The molecule has 2 heterocycles. The quantitative estimate of drug-likeness (QED) is 0.625. The van der Waals surface area contributed by atoms with E-state index in [1.807, 2.05) is 6.07 Å². The average molecular weight is 348 g/mol. The lowest BCUT2D eigenvalue weighted by Crippen LogP contribution is -2.47. The summed E-state index contributed by atoms with van der Waals surface area (Å²) in [7, 11) is 1.60. The van der Waals surface area contributed by atoms with E-state index < -0.39 is 18.0 Å². The van der Waals surface area contributed by atoms with Crippen molar-refractivity contribution in [3.8, 4) is 0 Å². The number of amides is 2. The van der Waals surface area contributed by atoms with Crippen LogP contribution >= 0.6 is 0 Å². The molecule has 136 valence electrons. The minimum absolute atomic E-state index is 0.0892. The molecule has 0 aromatic carbocycles. The van der Waals surface area contributed by atoms with Gasteiger partial charge in [0.05, 0.1) is 24.3 Å². The van der Waals surface area contributed by atoms with E-state index in [1.165, 1.54) is 17.4 Å². The van der Waals surface area contributed by atoms with Crippen molar-refractivity contribution in [2.75, 3.05) is 7.05 Å². The normalized spacial score (nSPS) is 12.6. The molecule has 0 bridgehead atoms. The molecule has 2 aromatic heterocycles. The van der Waals surface area contributed by atoms with Crippen molar-refractivity contribution < 1.29 is 14.7 Å². The summed E-state index contributed by atoms with van der Waals surface area (Å²) in [5.41, 5.74) is 2.23. The molecular formula is C16H24N6O3. The number of aliphatic carboxylic acids is 1. The van der Waals surface area contributed by atoms with Gasteiger partial charge in [-0.05, 0) is 6.07 Å². The molecule has 4 N–H and O–H groups in total. The molecule has 1 atom stereocenters. The van der Waals surface area contributed by atoms with Crippen molar-refractivity contribution in [3.63, 3.8) is 0 Å². The summed E-state index contributed by atoms with van der Waals surface area (Å²) in [5.74, 6) is -1.10. The van der Waals surface area contributed by atoms with Crippen LogP contribution in [0.3, 0.4) is 0 Å². The molecule has 0 unspecified atom stereocenters. The van der Waals surface area contributed by atoms with Gasteiger partial charge in [0.15, 0.2) is 0 Å². The zero-order chi connectivity index (χ0) is 18.6. The zero-order valence-electron chi connectivity index (χ0n) is 14.8. The lowest BCUT2D eigenvalue weighted by molar-refractivity contribution is -0.139. The highest BCUT2D eigenvalue weighted by Gasteiger charge is 2.23. The maximum atomic E-state index is 12.3. The number of aromatic amines is 2. The molecule has 0 aliphatic heterocycles. The molecule has 0 saturated heterocycles. The standard InChI is InChI=1S/C16H24N6O3/c1-16(2,3)13-6-11(20-21-13)8-22(4)15(25)19-12(14(23)24)5-10-7-17-9-18-10/h6-7,9,12H,5,8H2,1-4H3,(H,17,18)(H,19,25)(H,20,21)(H,23,24)/t12-/m0/s1. The Hall–Kier alpha value is -2.84. The Bertz CT molecular complexity index is 717. The number of hydrogen-bond acceptors (Lipinski definition) is 4. The first kappa shape index (κ1) is 18.5. The van der Waals surface area contributed by atoms with Crippen LogP contribution in [0.4, 0.5) is 4.79 Å². The number of aromatic nitrogens is 4. The van der Waals surface area contributed by atoms with Crippen LogP contribution in [0.2, 0.25) is 0 Å². The number of nitrogens with zero attached hydrogens (tertiary/aromatic N) is 3. The summed E-state index contributed by atoms with van der Waals surface area (Å²) in [6.45, 7) is 6.45. The topological polar surface area (TPSA) is 127 Å². The maximum absolute atomic E-state index is 12.3. The van der Waals surface area contributed by atoms with E-state index >= 15 is 0 Å². The third kappa shape index (κ3) is 5.07. The van der Waals surface area contributed by atoms with E-state index in [0.717, 1.165) is 11.4 Å². The Morgan fingerprint density at radius 1 is 1.36 bits per heavy atom. The van der Waals surface area contributed by atoms with Crippen molar-refractivity contribution in [2.24, 2.45) is 0 Å². The van der Waals surface area contributed by atoms with Gasteiger partial charge in [-0.2, -0.15) is 5.10 Å². The predicted octanol–water partition coefficient (Wildman–Crippen LogP) is 1.27. The number of carbonyl (C=O) groups excluding carboxylic acids is 1. The van der Waals surface area contributed by atoms with Gasteiger partial charge in [-0.3, -0.25) is 5.10 Å². The molecule has 0 aliphatic rings. The fourth-order valence-corrected chi connectivity index (χ4v) is 2.23. The number of carboxylic acid groups (broad SMARTS) is 1. The molecule has 0 saturated carbocycles. The molecule has 9 nitrogen and oxygen atoms in total. The number of urea groups is 1. The first-order chi connectivity index (χ1) is 11.7. The van der Waals surface area contributed by atoms with Gasteiger partial charge < -0.3 is 20.3 Å². The average Bonchev–Trinajstić information content (AvgIpc) is 3.17. The number of carbonyl (C=O) groups is 2. The van der Waals surface area contributed by atoms with Crippen LogP contribution in [-0.4, -0.2) is 55.3 Å². The Morgan fingerprint density at radius 3 is 2.60 bits per heavy atom. The molecule has 25 heavy (non-hydrogen) atoms. The van der Waals surface area contributed by atoms with Gasteiger partial charge in [-0.25, -0.2) is 14.6 Å². The molecule has 0 aliphatic carbocycles. The van der Waals surface area contributed by atoms with Crippen molar-refractivity contribution in [2.45, 2.75) is 45.2 Å². The second kappa shape index (κ2) is 7.37. The van der Waals surface area contributed by atoms with E-state index in [9.17, 15) is 14.7 Å². The Morgan fingerprint density at radius 2 is 2.08 bits per heavy atom. The largest absolute Gasteiger partial charge is 0.480 e. The highest BCUT2D eigenvalue weighted by Crippen LogP contribution is 2.20. The Labute approximate surface area is 145 Å². The summed E-state index contributed by atoms with van der Waals surface area (Å²) in [6, 6.07) is 0.393. The van der Waals surface area contributed by atoms with Crippen LogP contribution in [0.15, 0.2) is 18.6 Å². The highest BCUT2D eigenvalue weighted by atomic mass is 16.4. The van der Waals surface area contributed by atoms with Crippen LogP contribution < -0.4 is 5.32 Å². The highest BCUT2D eigenvalue weighted by molar-refractivity contribution is 5.82. The lowest BCUT2D eigenvalue weighted by Gasteiger charge is -2.20. The Balaban J connectivity index is 1.96. The SMILES string of the molecule is CN(Cc1cc(C(C)(C)C)n[nH]1)C(=O)N[C@@H](Cc1cnc[nH]1)C(=O)O. The van der Waals surface area contributed by atoms with Gasteiger partial charge in [-0.1, -0.05) is 20.8 Å². The van der Waals surface area contributed by atoms with E-state index in [-0.39, 0.29) is 11.8 Å². The number of hydrogen-bond donors (Lipinski definition) is 4. The van der Waals surface area contributed by atoms with Crippen LogP contribution in [0.1, 0.15) is 37.9 Å². The molecule has 0 fully saturated rings. The molecule has 2 aromatic rings. The van der Waals surface area contributed by atoms with E-state index in [1.54, 1.807) is 7.05 Å². The van der Waals surface area contributed by atoms with Gasteiger partial charge in [0.2, 0.25) is 0 Å². The summed E-state index contributed by atoms with van der Waals surface area (Å²) in [4.78, 5) is 31.7. The fourth-order valence-electron chi connectivity index (χ4n) is 2.23. The number of carboxylic acids is 1. The molecule has 0 radical (unpaired) electrons. The summed E-state index contributed by atoms with van der Waals surface area (Å²) >= 11 is 0. The summed E-state index contributed by atoms with van der Waals surface area (Å²) < 4.78 is 0. The van der Waals surface area contributed by atoms with Crippen LogP contribution in [0.25, 0.3) is 0 Å². The number of nitrogens with one attached hydrogen (secondary N) is 3. The van der Waals surface area contributed by atoms with E-state index in [2.05, 4.69) is 46.3 Å². The monoisotopic (exact) mass is 348 g/mol. The number of imidazole rings is 1. The van der Waals surface area contributed by atoms with Gasteiger partial charge >= 0.3 is 12.0 Å². The molecule has 9 heteroatoms. The van der Waals surface area contributed by atoms with Crippen LogP contribution in [0.5, 0.6) is 0 Å². The smallest absolute Gasteiger partial charge is 0.326 e. The van der Waals surface area contributed by atoms with Gasteiger partial charge in [0.1, 0.15) is 6.04 Å². The second-order valence-corrected chi connectivity index (χ2v) is 7.01. The van der Waals surface area contributed by atoms with Gasteiger partial charge in [-0.15, -0.1) is 0 Å². The first-order valence-corrected chi connectivity index (χ1v) is 7.93. The maximum Gasteiger partial charge on any atom is 0.326 e. The van der Waals surface area contributed by atoms with Crippen molar-refractivity contribution in [1.29, 1.82) is 0 Å². The Kier molecular flexibility index (Phi) is 5.45. The van der Waals surface area contributed by atoms with Crippen molar-refractivity contribution in [3.05, 3.63) is 35.7 Å². The van der Waals surface area contributed by atoms with Crippen LogP contribution in [0, 0.1) is 0 Å². The minimum Gasteiger partial charge on any atom is -0.480 e. The fraction of sp³-hybridized carbons (Fsp3) is 0.500. The van der Waals surface area contributed by atoms with Gasteiger partial charge in [0, 0.05) is 30.8 Å². The molecular weight excluding hydrogens is 324 g/mol. The lowest BCUT2D eigenvalue weighted by atomic mass is 9.92. The van der Waals surface area contributed by atoms with Gasteiger partial charge in [0.25, 0.3) is 0 Å². The predicted molar refractivity (Wildman–Crippen MR) is 91.0 cm³/mol. The third-order valence-corrected chi connectivity index (χ3v) is 3.73. The zero-order valence-corrected chi connectivity index (χ0v) is 14.8. The number of H-pyrrole nitrogens is 2. The summed E-state index contributed by atoms with van der Waals surface area (Å²) in [6.07, 6.45) is 3.13. The summed E-state index contributed by atoms with van der Waals surface area (Å²) in [5, 5.41) is 19.0. The molecule has 0 spiro atoms.